The van der Waals surface area contributed by atoms with Crippen LogP contribution in [-0.4, -0.2) is 10.1 Å². The minimum absolute atomic E-state index is 0.268. The van der Waals surface area contributed by atoms with Crippen LogP contribution in [0, 0.1) is 12.7 Å². The first-order chi connectivity index (χ1) is 8.66. The third-order valence-electron chi connectivity index (χ3n) is 3.04. The number of aliphatic hydroxyl groups is 1. The SMILES string of the molecule is Cc1ccc(C(O)CCc2ccncc2)cc1F. The number of rotatable bonds is 4. The van der Waals surface area contributed by atoms with Crippen LogP contribution in [-0.2, 0) is 6.42 Å². The molecular weight excluding hydrogens is 229 g/mol. The van der Waals surface area contributed by atoms with E-state index in [0.29, 0.717) is 17.5 Å². The fourth-order valence-electron chi connectivity index (χ4n) is 1.84. The first-order valence-electron chi connectivity index (χ1n) is 6.00. The van der Waals surface area contributed by atoms with E-state index in [-0.39, 0.29) is 5.82 Å². The summed E-state index contributed by atoms with van der Waals surface area (Å²) in [5.41, 5.74) is 2.35. The number of hydrogen-bond donors (Lipinski definition) is 1. The van der Waals surface area contributed by atoms with Gasteiger partial charge in [-0.25, -0.2) is 4.39 Å². The maximum atomic E-state index is 13.4. The zero-order valence-corrected chi connectivity index (χ0v) is 10.3. The van der Waals surface area contributed by atoms with Crippen LogP contribution < -0.4 is 0 Å². The van der Waals surface area contributed by atoms with Crippen LogP contribution in [0.4, 0.5) is 4.39 Å². The lowest BCUT2D eigenvalue weighted by Crippen LogP contribution is -2.01. The molecule has 2 aromatic rings. The number of aryl methyl sites for hydroxylation is 2. The van der Waals surface area contributed by atoms with E-state index in [1.54, 1.807) is 31.5 Å². The standard InChI is InChI=1S/C15H16FNO/c1-11-2-4-13(10-14(11)16)15(18)5-3-12-6-8-17-9-7-12/h2,4,6-10,15,18H,3,5H2,1H3. The zero-order valence-electron chi connectivity index (χ0n) is 10.3. The second-order valence-electron chi connectivity index (χ2n) is 4.42. The Morgan fingerprint density at radius 2 is 1.94 bits per heavy atom. The molecule has 0 amide bonds. The summed E-state index contributed by atoms with van der Waals surface area (Å²) in [4.78, 5) is 3.94. The summed E-state index contributed by atoms with van der Waals surface area (Å²) in [6.45, 7) is 1.71. The van der Waals surface area contributed by atoms with Gasteiger partial charge in [-0.1, -0.05) is 12.1 Å². The fourth-order valence-corrected chi connectivity index (χ4v) is 1.84. The van der Waals surface area contributed by atoms with Crippen LogP contribution in [0.15, 0.2) is 42.7 Å². The van der Waals surface area contributed by atoms with Gasteiger partial charge in [-0.15, -0.1) is 0 Å². The molecule has 0 aliphatic carbocycles. The summed E-state index contributed by atoms with van der Waals surface area (Å²) < 4.78 is 13.4. The van der Waals surface area contributed by atoms with E-state index in [0.717, 1.165) is 12.0 Å². The molecule has 1 heterocycles. The molecule has 1 aromatic carbocycles. The molecule has 0 saturated heterocycles. The van der Waals surface area contributed by atoms with Gasteiger partial charge in [0.2, 0.25) is 0 Å². The first kappa shape index (κ1) is 12.7. The molecule has 1 N–H and O–H groups in total. The van der Waals surface area contributed by atoms with Gasteiger partial charge in [0.25, 0.3) is 0 Å². The van der Waals surface area contributed by atoms with Crippen LogP contribution >= 0.6 is 0 Å². The first-order valence-corrected chi connectivity index (χ1v) is 6.00. The Morgan fingerprint density at radius 3 is 2.61 bits per heavy atom. The second kappa shape index (κ2) is 5.74. The number of benzene rings is 1. The lowest BCUT2D eigenvalue weighted by molar-refractivity contribution is 0.167. The average Bonchev–Trinajstić information content (AvgIpc) is 2.40. The second-order valence-corrected chi connectivity index (χ2v) is 4.42. The van der Waals surface area contributed by atoms with Gasteiger partial charge < -0.3 is 5.11 Å². The van der Waals surface area contributed by atoms with Crippen LogP contribution in [0.1, 0.15) is 29.2 Å². The van der Waals surface area contributed by atoms with Crippen molar-refractivity contribution in [3.63, 3.8) is 0 Å². The molecule has 2 rings (SSSR count). The molecule has 94 valence electrons. The lowest BCUT2D eigenvalue weighted by atomic mass is 10.0. The third kappa shape index (κ3) is 3.14. The van der Waals surface area contributed by atoms with Crippen LogP contribution in [0.25, 0.3) is 0 Å². The van der Waals surface area contributed by atoms with E-state index in [1.165, 1.54) is 6.07 Å². The van der Waals surface area contributed by atoms with Gasteiger partial charge in [-0.3, -0.25) is 4.98 Å². The Bertz CT molecular complexity index is 513. The molecule has 0 radical (unpaired) electrons. The molecule has 0 aliphatic rings. The summed E-state index contributed by atoms with van der Waals surface area (Å²) in [6.07, 6.45) is 4.15. The van der Waals surface area contributed by atoms with Gasteiger partial charge in [0.05, 0.1) is 6.10 Å². The Balaban J connectivity index is 1.99. The molecule has 18 heavy (non-hydrogen) atoms. The van der Waals surface area contributed by atoms with Gasteiger partial charge in [0.1, 0.15) is 5.82 Å². The van der Waals surface area contributed by atoms with Crippen LogP contribution in [0.2, 0.25) is 0 Å². The summed E-state index contributed by atoms with van der Waals surface area (Å²) in [6, 6.07) is 8.72. The molecule has 1 unspecified atom stereocenters. The normalized spacial score (nSPS) is 12.4. The highest BCUT2D eigenvalue weighted by atomic mass is 19.1. The Kier molecular flexibility index (Phi) is 4.05. The Labute approximate surface area is 106 Å². The van der Waals surface area contributed by atoms with Gasteiger partial charge in [-0.05, 0) is 54.7 Å². The smallest absolute Gasteiger partial charge is 0.126 e. The molecule has 3 heteroatoms. The molecule has 1 aromatic heterocycles. The monoisotopic (exact) mass is 245 g/mol. The molecule has 0 bridgehead atoms. The van der Waals surface area contributed by atoms with Crippen molar-refractivity contribution in [3.8, 4) is 0 Å². The van der Waals surface area contributed by atoms with E-state index in [9.17, 15) is 9.50 Å². The molecule has 0 aliphatic heterocycles. The summed E-state index contributed by atoms with van der Waals surface area (Å²) in [5.74, 6) is -0.268. The zero-order chi connectivity index (χ0) is 13.0. The maximum Gasteiger partial charge on any atom is 0.126 e. The minimum Gasteiger partial charge on any atom is -0.388 e. The summed E-state index contributed by atoms with van der Waals surface area (Å²) in [5, 5.41) is 10.0. The predicted molar refractivity (Wildman–Crippen MR) is 68.7 cm³/mol. The number of pyridine rings is 1. The quantitative estimate of drug-likeness (QED) is 0.897. The van der Waals surface area contributed by atoms with Crippen molar-refractivity contribution in [2.24, 2.45) is 0 Å². The van der Waals surface area contributed by atoms with E-state index >= 15 is 0 Å². The van der Waals surface area contributed by atoms with Gasteiger partial charge in [0.15, 0.2) is 0 Å². The molecular formula is C15H16FNO. The van der Waals surface area contributed by atoms with Gasteiger partial charge >= 0.3 is 0 Å². The largest absolute Gasteiger partial charge is 0.388 e. The summed E-state index contributed by atoms with van der Waals surface area (Å²) >= 11 is 0. The summed E-state index contributed by atoms with van der Waals surface area (Å²) in [7, 11) is 0. The number of hydrogen-bond acceptors (Lipinski definition) is 2. The maximum absolute atomic E-state index is 13.4. The van der Waals surface area contributed by atoms with Crippen molar-refractivity contribution in [2.75, 3.05) is 0 Å². The molecule has 0 spiro atoms. The molecule has 2 nitrogen and oxygen atoms in total. The number of nitrogens with zero attached hydrogens (tertiary/aromatic N) is 1. The van der Waals surface area contributed by atoms with E-state index in [1.807, 2.05) is 12.1 Å². The van der Waals surface area contributed by atoms with E-state index < -0.39 is 6.10 Å². The molecule has 1 atom stereocenters. The van der Waals surface area contributed by atoms with Crippen molar-refractivity contribution < 1.29 is 9.50 Å². The lowest BCUT2D eigenvalue weighted by Gasteiger charge is -2.11. The van der Waals surface area contributed by atoms with Gasteiger partial charge in [0, 0.05) is 12.4 Å². The minimum atomic E-state index is -0.631. The number of aliphatic hydroxyl groups excluding tert-OH is 1. The van der Waals surface area contributed by atoms with E-state index in [4.69, 9.17) is 0 Å². The van der Waals surface area contributed by atoms with Crippen molar-refractivity contribution in [2.45, 2.75) is 25.9 Å². The van der Waals surface area contributed by atoms with Gasteiger partial charge in [-0.2, -0.15) is 0 Å². The van der Waals surface area contributed by atoms with Crippen molar-refractivity contribution in [3.05, 3.63) is 65.2 Å². The Hall–Kier alpha value is -1.74. The van der Waals surface area contributed by atoms with Crippen molar-refractivity contribution in [1.29, 1.82) is 0 Å². The fraction of sp³-hybridized carbons (Fsp3) is 0.267. The predicted octanol–water partition coefficient (Wildman–Crippen LogP) is 3.20. The van der Waals surface area contributed by atoms with Crippen LogP contribution in [0.3, 0.4) is 0 Å². The Morgan fingerprint density at radius 1 is 1.22 bits per heavy atom. The van der Waals surface area contributed by atoms with E-state index in [2.05, 4.69) is 4.98 Å². The third-order valence-corrected chi connectivity index (χ3v) is 3.04. The van der Waals surface area contributed by atoms with Crippen molar-refractivity contribution >= 4 is 0 Å². The highest BCUT2D eigenvalue weighted by Crippen LogP contribution is 2.21. The van der Waals surface area contributed by atoms with Crippen LogP contribution in [0.5, 0.6) is 0 Å². The highest BCUT2D eigenvalue weighted by Gasteiger charge is 2.09. The highest BCUT2D eigenvalue weighted by molar-refractivity contribution is 5.25. The van der Waals surface area contributed by atoms with Crippen molar-refractivity contribution in [1.82, 2.24) is 4.98 Å². The molecule has 0 fully saturated rings. The number of aromatic nitrogens is 1. The topological polar surface area (TPSA) is 33.1 Å². The average molecular weight is 245 g/mol. The molecule has 0 saturated carbocycles. The number of halogens is 1.